The summed E-state index contributed by atoms with van der Waals surface area (Å²) in [6.45, 7) is 10.6. The Morgan fingerprint density at radius 3 is 2.45 bits per heavy atom. The molecule has 0 aromatic heterocycles. The number of ether oxygens (including phenoxy) is 5. The highest BCUT2D eigenvalue weighted by Gasteiger charge is 2.65. The van der Waals surface area contributed by atoms with Gasteiger partial charge in [0.05, 0.1) is 29.2 Å². The molecule has 67 heavy (non-hydrogen) atoms. The van der Waals surface area contributed by atoms with Gasteiger partial charge in [-0.05, 0) is 118 Å². The number of nitro groups is 1. The molecule has 6 atom stereocenters. The number of non-ortho nitro benzene ring substituents is 1. The second-order valence-electron chi connectivity index (χ2n) is 19.7. The van der Waals surface area contributed by atoms with Crippen molar-refractivity contribution in [2.45, 2.75) is 134 Å². The Morgan fingerprint density at radius 2 is 1.70 bits per heavy atom. The monoisotopic (exact) mass is 921 g/mol. The number of carbonyl (C=O) groups excluding carboxylic acids is 1. The van der Waals surface area contributed by atoms with Gasteiger partial charge in [0.25, 0.3) is 5.69 Å². The van der Waals surface area contributed by atoms with Gasteiger partial charge in [-0.2, -0.15) is 0 Å². The van der Waals surface area contributed by atoms with Gasteiger partial charge in [-0.25, -0.2) is 0 Å². The lowest BCUT2D eigenvalue weighted by molar-refractivity contribution is -0.384. The summed E-state index contributed by atoms with van der Waals surface area (Å²) in [5, 5.41) is 36.8. The van der Waals surface area contributed by atoms with E-state index in [0.29, 0.717) is 59.6 Å². The van der Waals surface area contributed by atoms with Crippen LogP contribution in [0.15, 0.2) is 90.1 Å². The van der Waals surface area contributed by atoms with Gasteiger partial charge < -0.3 is 43.6 Å². The molecule has 3 aliphatic carbocycles. The van der Waals surface area contributed by atoms with Gasteiger partial charge >= 0.3 is 0 Å². The number of hydrogen-bond acceptors (Lipinski definition) is 12. The van der Waals surface area contributed by atoms with E-state index in [2.05, 4.69) is 12.7 Å². The average molecular weight is 922 g/mol. The Bertz CT molecular complexity index is 2300. The van der Waals surface area contributed by atoms with Crippen molar-refractivity contribution in [2.24, 2.45) is 28.8 Å². The molecule has 8 rings (SSSR count). The molecule has 2 fully saturated rings. The van der Waals surface area contributed by atoms with Crippen molar-refractivity contribution in [1.29, 1.82) is 0 Å². The summed E-state index contributed by atoms with van der Waals surface area (Å²) in [5.74, 6) is 0.892. The summed E-state index contributed by atoms with van der Waals surface area (Å²) in [6.07, 6.45) is 14.4. The maximum Gasteiger partial charge on any atom is 0.273 e. The molecule has 0 saturated heterocycles. The molecule has 3 aromatic rings. The summed E-state index contributed by atoms with van der Waals surface area (Å²) >= 11 is 0. The molecule has 14 heteroatoms. The standard InChI is InChI=1S/C53H67N3O11/c1-5-27-64-53-48(55(49(59)24-20-35-13-6-7-14-35)33-36-19-22-46-47(28-36)63-34-62-46)32-44(54-67-52(2,3)4)42-29-37(15-8-10-25-57)41(18-9-11-26-58)50(51(42)53)43-31-40(21-23-45(43)66-53)65-39-17-12-16-38(30-39)56(60)61/h5,12,16-17,19,21-23,28-31,35,37,41,48,50-51,57-58H,1,6-11,13-15,18,20,24-27,32-34H2,2-4H3. The second-order valence-corrected chi connectivity index (χ2v) is 19.7. The number of carbonyl (C=O) groups is 1. The Labute approximate surface area is 394 Å². The van der Waals surface area contributed by atoms with Crippen LogP contribution in [0.1, 0.15) is 121 Å². The molecular formula is C53H67N3O11. The lowest BCUT2D eigenvalue weighted by Crippen LogP contribution is -2.70. The number of nitrogens with zero attached hydrogens (tertiary/aromatic N) is 3. The van der Waals surface area contributed by atoms with Gasteiger partial charge in [0, 0.05) is 50.1 Å². The minimum Gasteiger partial charge on any atom is -0.459 e. The zero-order valence-electron chi connectivity index (χ0n) is 39.2. The molecule has 2 N–H and O–H groups in total. The molecule has 14 nitrogen and oxygen atoms in total. The highest BCUT2D eigenvalue weighted by Crippen LogP contribution is 2.62. The predicted molar refractivity (Wildman–Crippen MR) is 253 cm³/mol. The third-order valence-electron chi connectivity index (χ3n) is 14.1. The van der Waals surface area contributed by atoms with Gasteiger partial charge in [-0.3, -0.25) is 14.9 Å². The normalized spacial score (nSPS) is 24.6. The highest BCUT2D eigenvalue weighted by atomic mass is 16.7. The number of aliphatic hydroxyl groups is 2. The summed E-state index contributed by atoms with van der Waals surface area (Å²) < 4.78 is 32.6. The molecule has 2 saturated carbocycles. The van der Waals surface area contributed by atoms with Crippen LogP contribution >= 0.6 is 0 Å². The molecule has 0 radical (unpaired) electrons. The maximum absolute atomic E-state index is 15.3. The molecule has 0 bridgehead atoms. The Morgan fingerprint density at radius 1 is 0.955 bits per heavy atom. The number of amides is 1. The van der Waals surface area contributed by atoms with Crippen molar-refractivity contribution in [3.63, 3.8) is 0 Å². The fourth-order valence-electron chi connectivity index (χ4n) is 11.1. The number of hydrogen-bond donors (Lipinski definition) is 2. The molecule has 1 amide bonds. The Hall–Kier alpha value is -5.44. The molecule has 2 heterocycles. The zero-order valence-corrected chi connectivity index (χ0v) is 39.2. The van der Waals surface area contributed by atoms with E-state index in [-0.39, 0.29) is 68.9 Å². The number of oxime groups is 1. The first-order valence-corrected chi connectivity index (χ1v) is 24.3. The minimum atomic E-state index is -1.45. The van der Waals surface area contributed by atoms with E-state index in [9.17, 15) is 20.3 Å². The fourth-order valence-corrected chi connectivity index (χ4v) is 11.1. The predicted octanol–water partition coefficient (Wildman–Crippen LogP) is 10.5. The van der Waals surface area contributed by atoms with E-state index in [1.807, 2.05) is 56.0 Å². The van der Waals surface area contributed by atoms with Crippen LogP contribution < -0.4 is 18.9 Å². The van der Waals surface area contributed by atoms with Crippen LogP contribution in [-0.2, 0) is 20.9 Å². The van der Waals surface area contributed by atoms with Gasteiger partial charge in [-0.1, -0.05) is 68.0 Å². The van der Waals surface area contributed by atoms with Gasteiger partial charge in [0.1, 0.15) is 28.9 Å². The zero-order chi connectivity index (χ0) is 47.1. The van der Waals surface area contributed by atoms with Crippen LogP contribution in [0.4, 0.5) is 5.69 Å². The van der Waals surface area contributed by atoms with Crippen LogP contribution in [0.5, 0.6) is 28.7 Å². The smallest absolute Gasteiger partial charge is 0.273 e. The lowest BCUT2D eigenvalue weighted by Gasteiger charge is -2.60. The van der Waals surface area contributed by atoms with E-state index in [0.717, 1.165) is 61.6 Å². The summed E-state index contributed by atoms with van der Waals surface area (Å²) in [4.78, 5) is 34.9. The third-order valence-corrected chi connectivity index (χ3v) is 14.1. The van der Waals surface area contributed by atoms with Crippen molar-refractivity contribution in [3.8, 4) is 28.7 Å². The van der Waals surface area contributed by atoms with Crippen molar-refractivity contribution in [2.75, 3.05) is 26.6 Å². The van der Waals surface area contributed by atoms with E-state index in [4.69, 9.17) is 33.7 Å². The van der Waals surface area contributed by atoms with Crippen LogP contribution in [-0.4, -0.2) is 75.7 Å². The van der Waals surface area contributed by atoms with Gasteiger partial charge in [0.15, 0.2) is 11.5 Å². The fraction of sp³-hybridized carbons (Fsp3) is 0.547. The molecule has 5 aliphatic rings. The molecule has 360 valence electrons. The summed E-state index contributed by atoms with van der Waals surface area (Å²) in [6, 6.07) is 16.9. The first-order chi connectivity index (χ1) is 32.4. The number of benzene rings is 3. The molecular weight excluding hydrogens is 855 g/mol. The van der Waals surface area contributed by atoms with Crippen LogP contribution in [0.25, 0.3) is 0 Å². The number of aliphatic hydroxyl groups excluding tert-OH is 2. The van der Waals surface area contributed by atoms with E-state index < -0.39 is 28.3 Å². The van der Waals surface area contributed by atoms with Crippen LogP contribution in [0.2, 0.25) is 0 Å². The van der Waals surface area contributed by atoms with Crippen molar-refractivity contribution in [3.05, 3.63) is 106 Å². The number of rotatable bonds is 21. The van der Waals surface area contributed by atoms with Gasteiger partial charge in [0.2, 0.25) is 18.5 Å². The minimum absolute atomic E-state index is 0.00896. The summed E-state index contributed by atoms with van der Waals surface area (Å²) in [5.41, 5.74) is 2.68. The van der Waals surface area contributed by atoms with Gasteiger partial charge in [-0.15, -0.1) is 6.58 Å². The lowest BCUT2D eigenvalue weighted by atomic mass is 9.55. The van der Waals surface area contributed by atoms with Crippen LogP contribution in [0, 0.1) is 33.8 Å². The van der Waals surface area contributed by atoms with Crippen LogP contribution in [0.3, 0.4) is 0 Å². The number of allylic oxidation sites excluding steroid dienone is 1. The average Bonchev–Trinajstić information content (AvgIpc) is 4.02. The first kappa shape index (κ1) is 48.0. The van der Waals surface area contributed by atoms with Crippen molar-refractivity contribution >= 4 is 17.3 Å². The first-order valence-electron chi connectivity index (χ1n) is 24.3. The molecule has 0 spiro atoms. The molecule has 3 aromatic carbocycles. The third kappa shape index (κ3) is 10.8. The molecule has 2 aliphatic heterocycles. The second kappa shape index (κ2) is 21.2. The number of fused-ring (bicyclic) bond motifs is 3. The molecule has 6 unspecified atom stereocenters. The van der Waals surface area contributed by atoms with E-state index in [1.54, 1.807) is 24.3 Å². The van der Waals surface area contributed by atoms with E-state index in [1.165, 1.54) is 25.0 Å². The largest absolute Gasteiger partial charge is 0.459 e. The topological polar surface area (TPSA) is 172 Å². The highest BCUT2D eigenvalue weighted by molar-refractivity contribution is 6.03. The summed E-state index contributed by atoms with van der Waals surface area (Å²) in [7, 11) is 0. The van der Waals surface area contributed by atoms with Crippen molar-refractivity contribution in [1.82, 2.24) is 4.90 Å². The number of nitro benzene ring substituents is 1. The quantitative estimate of drug-likeness (QED) is 0.0451. The Balaban J connectivity index is 1.33. The maximum atomic E-state index is 15.3. The van der Waals surface area contributed by atoms with Crippen molar-refractivity contribution < 1.29 is 48.5 Å². The Kier molecular flexibility index (Phi) is 15.2. The SMILES string of the molecule is C=CCOC12Oc3ccc(Oc4cccc([N+](=O)[O-])c4)cc3C3C(CCCCO)C(CCCCO)C=C(C(=NOC(C)(C)C)CC1N(Cc1ccc4c(c1)OCO4)C(=O)CCC1CCCC1)C32. The number of unbranched alkanes of at least 4 members (excludes halogenated alkanes) is 2. The van der Waals surface area contributed by atoms with E-state index >= 15 is 4.79 Å².